The van der Waals surface area contributed by atoms with Gasteiger partial charge in [-0.3, -0.25) is 9.59 Å². The van der Waals surface area contributed by atoms with Gasteiger partial charge in [0.05, 0.1) is 6.54 Å². The van der Waals surface area contributed by atoms with Gasteiger partial charge in [0, 0.05) is 24.2 Å². The fourth-order valence-electron chi connectivity index (χ4n) is 2.02. The molecule has 1 aromatic carbocycles. The Morgan fingerprint density at radius 2 is 2.05 bits per heavy atom. The molecule has 1 amide bonds. The third-order valence-corrected chi connectivity index (χ3v) is 3.14. The largest absolute Gasteiger partial charge is 0.355 e. The third kappa shape index (κ3) is 4.43. The van der Waals surface area contributed by atoms with Gasteiger partial charge in [-0.2, -0.15) is 0 Å². The smallest absolute Gasteiger partial charge is 0.252 e. The Morgan fingerprint density at radius 1 is 1.29 bits per heavy atom. The predicted molar refractivity (Wildman–Crippen MR) is 84.1 cm³/mol. The molecule has 0 aliphatic carbocycles. The van der Waals surface area contributed by atoms with Crippen LogP contribution < -0.4 is 16.2 Å². The SMILES string of the molecule is CC(C)CNC(=O)CNCc1cc2ccccc2[nH]c1=O. The molecule has 5 heteroatoms. The number of aromatic nitrogens is 1. The molecule has 1 aromatic heterocycles. The van der Waals surface area contributed by atoms with Crippen LogP contribution >= 0.6 is 0 Å². The minimum absolute atomic E-state index is 0.0547. The average Bonchev–Trinajstić information content (AvgIpc) is 2.45. The summed E-state index contributed by atoms with van der Waals surface area (Å²) >= 11 is 0. The summed E-state index contributed by atoms with van der Waals surface area (Å²) in [5.74, 6) is 0.373. The Morgan fingerprint density at radius 3 is 2.81 bits per heavy atom. The summed E-state index contributed by atoms with van der Waals surface area (Å²) in [6.07, 6.45) is 0. The van der Waals surface area contributed by atoms with Crippen molar-refractivity contribution in [3.8, 4) is 0 Å². The summed E-state index contributed by atoms with van der Waals surface area (Å²) in [6, 6.07) is 9.48. The van der Waals surface area contributed by atoms with Crippen LogP contribution in [0.1, 0.15) is 19.4 Å². The van der Waals surface area contributed by atoms with Crippen LogP contribution in [0.5, 0.6) is 0 Å². The van der Waals surface area contributed by atoms with Gasteiger partial charge in [0.25, 0.3) is 5.56 Å². The standard InChI is InChI=1S/C16H21N3O2/c1-11(2)8-18-15(20)10-17-9-13-7-12-5-3-4-6-14(12)19-16(13)21/h3-7,11,17H,8-10H2,1-2H3,(H,18,20)(H,19,21). The molecule has 0 saturated heterocycles. The number of para-hydroxylation sites is 1. The Labute approximate surface area is 123 Å². The maximum absolute atomic E-state index is 11.9. The van der Waals surface area contributed by atoms with Gasteiger partial charge in [-0.1, -0.05) is 32.0 Å². The minimum Gasteiger partial charge on any atom is -0.355 e. The van der Waals surface area contributed by atoms with Gasteiger partial charge in [-0.05, 0) is 23.4 Å². The van der Waals surface area contributed by atoms with Gasteiger partial charge in [-0.15, -0.1) is 0 Å². The molecule has 1 heterocycles. The number of fused-ring (bicyclic) bond motifs is 1. The molecule has 0 saturated carbocycles. The van der Waals surface area contributed by atoms with Gasteiger partial charge in [0.2, 0.25) is 5.91 Å². The number of pyridine rings is 1. The maximum atomic E-state index is 11.9. The minimum atomic E-state index is -0.121. The maximum Gasteiger partial charge on any atom is 0.252 e. The second-order valence-electron chi connectivity index (χ2n) is 5.51. The first-order chi connectivity index (χ1) is 10.1. The quantitative estimate of drug-likeness (QED) is 0.751. The van der Waals surface area contributed by atoms with Crippen molar-refractivity contribution in [3.63, 3.8) is 0 Å². The van der Waals surface area contributed by atoms with Crippen molar-refractivity contribution in [1.82, 2.24) is 15.6 Å². The number of carbonyl (C=O) groups excluding carboxylic acids is 1. The summed E-state index contributed by atoms with van der Waals surface area (Å²) in [7, 11) is 0. The first-order valence-electron chi connectivity index (χ1n) is 7.14. The lowest BCUT2D eigenvalue weighted by atomic mass is 10.1. The lowest BCUT2D eigenvalue weighted by molar-refractivity contribution is -0.120. The van der Waals surface area contributed by atoms with E-state index < -0.39 is 0 Å². The molecule has 0 aliphatic heterocycles. The highest BCUT2D eigenvalue weighted by atomic mass is 16.2. The molecule has 0 spiro atoms. The summed E-state index contributed by atoms with van der Waals surface area (Å²) in [5.41, 5.74) is 1.33. The van der Waals surface area contributed by atoms with E-state index in [1.807, 2.05) is 44.2 Å². The summed E-state index contributed by atoms with van der Waals surface area (Å²) in [5, 5.41) is 6.81. The van der Waals surface area contributed by atoms with E-state index in [4.69, 9.17) is 0 Å². The number of rotatable bonds is 6. The molecule has 2 rings (SSSR count). The molecule has 0 aliphatic rings. The van der Waals surface area contributed by atoms with Crippen molar-refractivity contribution >= 4 is 16.8 Å². The lowest BCUT2D eigenvalue weighted by Gasteiger charge is -2.08. The zero-order valence-corrected chi connectivity index (χ0v) is 12.4. The first kappa shape index (κ1) is 15.3. The number of nitrogens with one attached hydrogen (secondary N) is 3. The fraction of sp³-hybridized carbons (Fsp3) is 0.375. The number of H-pyrrole nitrogens is 1. The molecule has 2 aromatic rings. The van der Waals surface area contributed by atoms with Crippen LogP contribution in [0.2, 0.25) is 0 Å². The van der Waals surface area contributed by atoms with Crippen LogP contribution in [0.15, 0.2) is 35.1 Å². The van der Waals surface area contributed by atoms with E-state index in [1.54, 1.807) is 0 Å². The molecule has 112 valence electrons. The second-order valence-corrected chi connectivity index (χ2v) is 5.51. The van der Waals surface area contributed by atoms with Crippen molar-refractivity contribution < 1.29 is 4.79 Å². The topological polar surface area (TPSA) is 74.0 Å². The predicted octanol–water partition coefficient (Wildman–Crippen LogP) is 1.39. The summed E-state index contributed by atoms with van der Waals surface area (Å²) in [6.45, 7) is 5.33. The summed E-state index contributed by atoms with van der Waals surface area (Å²) < 4.78 is 0. The van der Waals surface area contributed by atoms with Gasteiger partial charge in [0.15, 0.2) is 0 Å². The molecule has 0 bridgehead atoms. The van der Waals surface area contributed by atoms with Gasteiger partial charge >= 0.3 is 0 Å². The molecular formula is C16H21N3O2. The monoisotopic (exact) mass is 287 g/mol. The van der Waals surface area contributed by atoms with E-state index in [9.17, 15) is 9.59 Å². The van der Waals surface area contributed by atoms with Gasteiger partial charge in [-0.25, -0.2) is 0 Å². The van der Waals surface area contributed by atoms with E-state index in [0.29, 0.717) is 24.6 Å². The zero-order chi connectivity index (χ0) is 15.2. The van der Waals surface area contributed by atoms with E-state index in [0.717, 1.165) is 10.9 Å². The highest BCUT2D eigenvalue weighted by Gasteiger charge is 2.05. The molecule has 0 radical (unpaired) electrons. The molecule has 0 unspecified atom stereocenters. The highest BCUT2D eigenvalue weighted by Crippen LogP contribution is 2.09. The Hall–Kier alpha value is -2.14. The zero-order valence-electron chi connectivity index (χ0n) is 12.4. The van der Waals surface area contributed by atoms with Crippen LogP contribution in [0.25, 0.3) is 10.9 Å². The number of carbonyl (C=O) groups is 1. The van der Waals surface area contributed by atoms with E-state index in [2.05, 4.69) is 15.6 Å². The van der Waals surface area contributed by atoms with Crippen molar-refractivity contribution in [1.29, 1.82) is 0 Å². The molecular weight excluding hydrogens is 266 g/mol. The fourth-order valence-corrected chi connectivity index (χ4v) is 2.02. The molecule has 0 atom stereocenters. The molecule has 21 heavy (non-hydrogen) atoms. The average molecular weight is 287 g/mol. The van der Waals surface area contributed by atoms with Gasteiger partial charge < -0.3 is 15.6 Å². The van der Waals surface area contributed by atoms with Crippen molar-refractivity contribution in [3.05, 3.63) is 46.2 Å². The van der Waals surface area contributed by atoms with Crippen LogP contribution in [0.3, 0.4) is 0 Å². The lowest BCUT2D eigenvalue weighted by Crippen LogP contribution is -2.36. The number of hydrogen-bond donors (Lipinski definition) is 3. The third-order valence-electron chi connectivity index (χ3n) is 3.14. The van der Waals surface area contributed by atoms with Crippen LogP contribution in [-0.4, -0.2) is 24.0 Å². The van der Waals surface area contributed by atoms with E-state index >= 15 is 0 Å². The van der Waals surface area contributed by atoms with Crippen molar-refractivity contribution in [2.75, 3.05) is 13.1 Å². The summed E-state index contributed by atoms with van der Waals surface area (Å²) in [4.78, 5) is 26.3. The van der Waals surface area contributed by atoms with Crippen LogP contribution in [-0.2, 0) is 11.3 Å². The molecule has 3 N–H and O–H groups in total. The Balaban J connectivity index is 1.93. The number of aromatic amines is 1. The van der Waals surface area contributed by atoms with Crippen LogP contribution in [0, 0.1) is 5.92 Å². The highest BCUT2D eigenvalue weighted by molar-refractivity contribution is 5.79. The van der Waals surface area contributed by atoms with E-state index in [1.165, 1.54) is 0 Å². The van der Waals surface area contributed by atoms with Gasteiger partial charge in [0.1, 0.15) is 0 Å². The van der Waals surface area contributed by atoms with E-state index in [-0.39, 0.29) is 18.0 Å². The first-order valence-corrected chi connectivity index (χ1v) is 7.14. The Kier molecular flexibility index (Phi) is 5.11. The van der Waals surface area contributed by atoms with Crippen LogP contribution in [0.4, 0.5) is 0 Å². The van der Waals surface area contributed by atoms with Crippen molar-refractivity contribution in [2.24, 2.45) is 5.92 Å². The number of benzene rings is 1. The molecule has 0 fully saturated rings. The molecule has 5 nitrogen and oxygen atoms in total. The second kappa shape index (κ2) is 7.04. The van der Waals surface area contributed by atoms with Crippen molar-refractivity contribution in [2.45, 2.75) is 20.4 Å². The Bertz CT molecular complexity index is 677. The number of hydrogen-bond acceptors (Lipinski definition) is 3. The normalized spacial score (nSPS) is 11.0. The number of amides is 1.